The predicted molar refractivity (Wildman–Crippen MR) is 243 cm³/mol. The average molecular weight is 898 g/mol. The van der Waals surface area contributed by atoms with Crippen molar-refractivity contribution in [3.05, 3.63) is 108 Å². The Kier molecular flexibility index (Phi) is 19.6. The third-order valence-corrected chi connectivity index (χ3v) is 10.9. The zero-order valence-corrected chi connectivity index (χ0v) is 37.9. The van der Waals surface area contributed by atoms with E-state index in [2.05, 4.69) is 33.2 Å². The highest BCUT2D eigenvalue weighted by Gasteiger charge is 2.34. The summed E-state index contributed by atoms with van der Waals surface area (Å²) in [4.78, 5) is 93.0. The van der Waals surface area contributed by atoms with Crippen LogP contribution in [0.5, 0.6) is 0 Å². The van der Waals surface area contributed by atoms with Gasteiger partial charge in [-0.05, 0) is 80.2 Å². The summed E-state index contributed by atoms with van der Waals surface area (Å²) in [6.45, 7) is 12.2. The molecule has 350 valence electrons. The normalized spacial score (nSPS) is 14.1. The number of aliphatic carboxylic acids is 1. The Labute approximate surface area is 380 Å². The van der Waals surface area contributed by atoms with Crippen molar-refractivity contribution >= 4 is 41.8 Å². The molecule has 3 aromatic rings. The molecule has 4 rings (SSSR count). The van der Waals surface area contributed by atoms with Crippen LogP contribution in [0.15, 0.2) is 91.5 Å². The van der Waals surface area contributed by atoms with Crippen molar-refractivity contribution in [2.24, 2.45) is 5.92 Å². The van der Waals surface area contributed by atoms with Crippen molar-refractivity contribution in [1.29, 1.82) is 0 Å². The van der Waals surface area contributed by atoms with Gasteiger partial charge in [-0.3, -0.25) is 19.2 Å². The number of hydrogen-bond acceptors (Lipinski definition) is 10. The molecule has 6 N–H and O–H groups in total. The largest absolute Gasteiger partial charge is 0.480 e. The molecule has 0 bridgehead atoms. The molecule has 0 aromatic heterocycles. The fraction of sp³-hybridized carbons (Fsp3) is 0.449. The van der Waals surface area contributed by atoms with E-state index in [0.717, 1.165) is 22.3 Å². The first-order valence-electron chi connectivity index (χ1n) is 22.0. The first-order valence-corrected chi connectivity index (χ1v) is 22.0. The van der Waals surface area contributed by atoms with E-state index in [9.17, 15) is 38.7 Å². The topological polar surface area (TPSA) is 228 Å². The summed E-state index contributed by atoms with van der Waals surface area (Å²) in [5.41, 5.74) is 3.87. The Morgan fingerprint density at radius 2 is 1.29 bits per heavy atom. The maximum absolute atomic E-state index is 14.3. The fourth-order valence-electron chi connectivity index (χ4n) is 7.36. The highest BCUT2D eigenvalue weighted by atomic mass is 16.6. The van der Waals surface area contributed by atoms with Crippen LogP contribution in [0.25, 0.3) is 11.1 Å². The molecule has 65 heavy (non-hydrogen) atoms. The molecule has 5 amide bonds. The fourth-order valence-corrected chi connectivity index (χ4v) is 7.36. The summed E-state index contributed by atoms with van der Waals surface area (Å²) in [6.07, 6.45) is 0.502. The minimum atomic E-state index is -1.43. The molecule has 0 aliphatic heterocycles. The minimum Gasteiger partial charge on any atom is -0.480 e. The molecule has 5 atom stereocenters. The molecule has 0 saturated carbocycles. The van der Waals surface area contributed by atoms with Crippen LogP contribution in [-0.2, 0) is 44.6 Å². The first-order chi connectivity index (χ1) is 31.0. The van der Waals surface area contributed by atoms with Gasteiger partial charge < -0.3 is 45.9 Å². The van der Waals surface area contributed by atoms with Crippen LogP contribution in [-0.4, -0.2) is 96.5 Å². The van der Waals surface area contributed by atoms with Crippen molar-refractivity contribution in [3.63, 3.8) is 0 Å². The summed E-state index contributed by atoms with van der Waals surface area (Å²) in [7, 11) is 0. The van der Waals surface area contributed by atoms with Gasteiger partial charge in [0.1, 0.15) is 43.0 Å². The first kappa shape index (κ1) is 50.9. The van der Waals surface area contributed by atoms with Crippen LogP contribution >= 0.6 is 0 Å². The molecule has 0 heterocycles. The van der Waals surface area contributed by atoms with Crippen LogP contribution in [0.4, 0.5) is 9.59 Å². The van der Waals surface area contributed by atoms with Gasteiger partial charge in [0, 0.05) is 25.3 Å². The molecule has 16 nitrogen and oxygen atoms in total. The summed E-state index contributed by atoms with van der Waals surface area (Å²) in [5.74, 6) is -4.96. The van der Waals surface area contributed by atoms with Crippen molar-refractivity contribution < 1.29 is 52.9 Å². The smallest absolute Gasteiger partial charge is 0.407 e. The van der Waals surface area contributed by atoms with Crippen LogP contribution in [0, 0.1) is 5.92 Å². The summed E-state index contributed by atoms with van der Waals surface area (Å²) < 4.78 is 16.2. The number of alkyl carbamates (subject to hydrolysis) is 2. The van der Waals surface area contributed by atoms with Gasteiger partial charge in [0.15, 0.2) is 0 Å². The van der Waals surface area contributed by atoms with Crippen LogP contribution in [0.3, 0.4) is 0 Å². The lowest BCUT2D eigenvalue weighted by Crippen LogP contribution is -2.58. The van der Waals surface area contributed by atoms with Crippen molar-refractivity contribution in [1.82, 2.24) is 26.6 Å². The SMILES string of the molecule is C=CCOC(=O)NCCCC[C@H](NC(=O)OCC1c2ccccc2-c2ccccc21)C(=O)N[C@@H](CCC(=O)OC(C)(C)C)C(=O)N[C@@H](Cc1ccccc1)C(=O)N[C@H](C(=O)O)[C@@H](C)CC. The number of esters is 1. The molecule has 0 spiro atoms. The average Bonchev–Trinajstić information content (AvgIpc) is 3.59. The molecule has 3 aromatic carbocycles. The number of hydrogen-bond donors (Lipinski definition) is 6. The maximum Gasteiger partial charge on any atom is 0.407 e. The second kappa shape index (κ2) is 25.0. The van der Waals surface area contributed by atoms with E-state index in [4.69, 9.17) is 14.2 Å². The van der Waals surface area contributed by atoms with E-state index in [-0.39, 0.29) is 51.4 Å². The highest BCUT2D eigenvalue weighted by Crippen LogP contribution is 2.44. The summed E-state index contributed by atoms with van der Waals surface area (Å²) >= 11 is 0. The number of carbonyl (C=O) groups is 7. The number of fused-ring (bicyclic) bond motifs is 3. The lowest BCUT2D eigenvalue weighted by molar-refractivity contribution is -0.155. The molecule has 1 aliphatic rings. The number of carboxylic acid groups (broad SMARTS) is 1. The number of unbranched alkanes of at least 4 members (excludes halogenated alkanes) is 1. The molecule has 0 saturated heterocycles. The molecule has 0 unspecified atom stereocenters. The molecular formula is C49H63N5O11. The number of benzene rings is 3. The number of carbonyl (C=O) groups excluding carboxylic acids is 6. The highest BCUT2D eigenvalue weighted by molar-refractivity contribution is 5.95. The number of carboxylic acids is 1. The second-order valence-electron chi connectivity index (χ2n) is 17.0. The summed E-state index contributed by atoms with van der Waals surface area (Å²) in [6, 6.07) is 19.2. The number of nitrogens with one attached hydrogen (secondary N) is 5. The van der Waals surface area contributed by atoms with Crippen LogP contribution < -0.4 is 26.6 Å². The molecule has 16 heteroatoms. The Hall–Kier alpha value is -6.71. The van der Waals surface area contributed by atoms with Gasteiger partial charge in [0.2, 0.25) is 17.7 Å². The third kappa shape index (κ3) is 16.1. The number of ether oxygens (including phenoxy) is 3. The Morgan fingerprint density at radius 3 is 1.88 bits per heavy atom. The van der Waals surface area contributed by atoms with Crippen molar-refractivity contribution in [2.45, 2.75) is 115 Å². The lowest BCUT2D eigenvalue weighted by Gasteiger charge is -2.27. The summed E-state index contributed by atoms with van der Waals surface area (Å²) in [5, 5.41) is 23.2. The van der Waals surface area contributed by atoms with E-state index in [1.165, 1.54) is 6.08 Å². The zero-order valence-electron chi connectivity index (χ0n) is 37.9. The molecule has 1 aliphatic carbocycles. The molecule has 0 fully saturated rings. The van der Waals surface area contributed by atoms with Gasteiger partial charge in [0.25, 0.3) is 0 Å². The molecule has 0 radical (unpaired) electrons. The zero-order chi connectivity index (χ0) is 47.5. The second-order valence-corrected chi connectivity index (χ2v) is 17.0. The Morgan fingerprint density at radius 1 is 0.723 bits per heavy atom. The Balaban J connectivity index is 1.57. The van der Waals surface area contributed by atoms with Crippen LogP contribution in [0.2, 0.25) is 0 Å². The van der Waals surface area contributed by atoms with E-state index in [1.807, 2.05) is 48.5 Å². The van der Waals surface area contributed by atoms with Gasteiger partial charge in [-0.1, -0.05) is 112 Å². The van der Waals surface area contributed by atoms with E-state index >= 15 is 0 Å². The number of amides is 5. The van der Waals surface area contributed by atoms with Gasteiger partial charge in [-0.15, -0.1) is 0 Å². The van der Waals surface area contributed by atoms with Gasteiger partial charge in [-0.25, -0.2) is 14.4 Å². The maximum atomic E-state index is 14.3. The minimum absolute atomic E-state index is 0.0272. The lowest BCUT2D eigenvalue weighted by atomic mass is 9.98. The third-order valence-electron chi connectivity index (χ3n) is 10.9. The monoisotopic (exact) mass is 897 g/mol. The number of rotatable bonds is 24. The van der Waals surface area contributed by atoms with Crippen molar-refractivity contribution in [2.75, 3.05) is 19.8 Å². The van der Waals surface area contributed by atoms with Gasteiger partial charge in [-0.2, -0.15) is 0 Å². The van der Waals surface area contributed by atoms with Gasteiger partial charge >= 0.3 is 24.1 Å². The molecular weight excluding hydrogens is 835 g/mol. The van der Waals surface area contributed by atoms with E-state index in [1.54, 1.807) is 65.0 Å². The van der Waals surface area contributed by atoms with Gasteiger partial charge in [0.05, 0.1) is 0 Å². The van der Waals surface area contributed by atoms with E-state index in [0.29, 0.717) is 24.8 Å². The Bertz CT molecular complexity index is 2080. The predicted octanol–water partition coefficient (Wildman–Crippen LogP) is 5.93. The quantitative estimate of drug-likeness (QED) is 0.0268. The standard InChI is InChI=1S/C49H63N5O11/c1-7-28-63-47(61)50-27-17-16-24-38(53-48(62)64-30-37-35-22-14-12-20-33(35)34-21-13-15-23-36(34)37)43(56)51-39(25-26-41(55)65-49(4,5)6)44(57)52-40(29-32-18-10-9-11-19-32)45(58)54-42(46(59)60)31(3)8-2/h7,9-15,18-23,31,37-40,42H,1,8,16-17,24-30H2,2-6H3,(H,50,61)(H,51,56)(H,52,57)(H,53,62)(H,54,58)(H,59,60)/t31-,38-,39-,40-,42-/m0/s1. The van der Waals surface area contributed by atoms with Crippen LogP contribution in [0.1, 0.15) is 95.8 Å². The van der Waals surface area contributed by atoms with Crippen molar-refractivity contribution in [3.8, 4) is 11.1 Å². The van der Waals surface area contributed by atoms with E-state index < -0.39 is 77.5 Å².